The summed E-state index contributed by atoms with van der Waals surface area (Å²) < 4.78 is 6.16. The molecule has 4 rings (SSSR count). The van der Waals surface area contributed by atoms with Crippen LogP contribution in [0.5, 0.6) is 0 Å². The minimum atomic E-state index is 0.0382. The van der Waals surface area contributed by atoms with Gasteiger partial charge in [-0.2, -0.15) is 0 Å². The summed E-state index contributed by atoms with van der Waals surface area (Å²) in [6.45, 7) is 2.39. The van der Waals surface area contributed by atoms with Crippen LogP contribution in [0.1, 0.15) is 54.6 Å². The zero-order valence-electron chi connectivity index (χ0n) is 15.2. The quantitative estimate of drug-likeness (QED) is 0.877. The maximum atomic E-state index is 12.9. The highest BCUT2D eigenvalue weighted by Gasteiger charge is 2.27. The van der Waals surface area contributed by atoms with Crippen molar-refractivity contribution in [3.8, 4) is 0 Å². The number of hydrogen-bond acceptors (Lipinski definition) is 5. The minimum absolute atomic E-state index is 0.0382. The number of fused-ring (bicyclic) bond motifs is 1. The third-order valence-corrected chi connectivity index (χ3v) is 6.84. The molecule has 2 aromatic heterocycles. The van der Waals surface area contributed by atoms with E-state index in [9.17, 15) is 4.79 Å². The molecule has 2 N–H and O–H groups in total. The van der Waals surface area contributed by atoms with E-state index in [1.165, 1.54) is 43.4 Å². The van der Waals surface area contributed by atoms with E-state index in [1.54, 1.807) is 6.20 Å². The van der Waals surface area contributed by atoms with Crippen molar-refractivity contribution >= 4 is 33.1 Å². The molecule has 0 spiro atoms. The average molecular weight is 374 g/mol. The number of ether oxygens (including phenoxy) is 1. The highest BCUT2D eigenvalue weighted by Crippen LogP contribution is 2.33. The average Bonchev–Trinajstić information content (AvgIpc) is 3.04. The third kappa shape index (κ3) is 3.71. The maximum Gasteiger partial charge on any atom is 0.266 e. The molecule has 0 bridgehead atoms. The second kappa shape index (κ2) is 7.92. The summed E-state index contributed by atoms with van der Waals surface area (Å²) in [5.74, 6) is 0.783. The lowest BCUT2D eigenvalue weighted by atomic mass is 9.90. The number of thiophene rings is 1. The van der Waals surface area contributed by atoms with Gasteiger partial charge in [0, 0.05) is 31.3 Å². The molecule has 1 saturated heterocycles. The van der Waals surface area contributed by atoms with Crippen LogP contribution in [0.15, 0.2) is 18.3 Å². The van der Waals surface area contributed by atoms with E-state index in [2.05, 4.69) is 4.98 Å². The topological polar surface area (TPSA) is 68.5 Å². The maximum absolute atomic E-state index is 12.9. The highest BCUT2D eigenvalue weighted by molar-refractivity contribution is 7.21. The van der Waals surface area contributed by atoms with Crippen LogP contribution >= 0.6 is 11.3 Å². The van der Waals surface area contributed by atoms with Crippen LogP contribution in [0.2, 0.25) is 0 Å². The first-order valence-electron chi connectivity index (χ1n) is 9.76. The van der Waals surface area contributed by atoms with Crippen molar-refractivity contribution in [1.82, 2.24) is 9.88 Å². The Balaban J connectivity index is 1.32. The first-order chi connectivity index (χ1) is 12.7. The molecule has 1 aliphatic heterocycles. The van der Waals surface area contributed by atoms with E-state index in [4.69, 9.17) is 10.5 Å². The van der Waals surface area contributed by atoms with Crippen LogP contribution in [0.25, 0.3) is 10.2 Å². The molecule has 0 aromatic carbocycles. The van der Waals surface area contributed by atoms with Crippen LogP contribution in [-0.2, 0) is 4.74 Å². The number of carbonyl (C=O) groups is 1. The van der Waals surface area contributed by atoms with Crippen molar-refractivity contribution in [3.63, 3.8) is 0 Å². The number of aromatic nitrogens is 1. The van der Waals surface area contributed by atoms with Gasteiger partial charge in [-0.05, 0) is 43.7 Å². The molecule has 1 amide bonds. The molecule has 1 aliphatic carbocycles. The van der Waals surface area contributed by atoms with Gasteiger partial charge in [-0.1, -0.05) is 19.3 Å². The van der Waals surface area contributed by atoms with Crippen LogP contribution < -0.4 is 5.73 Å². The second-order valence-electron chi connectivity index (χ2n) is 7.53. The summed E-state index contributed by atoms with van der Waals surface area (Å²) in [5, 5.41) is 0.881. The largest absolute Gasteiger partial charge is 0.397 e. The number of hydrogen-bond donors (Lipinski definition) is 1. The molecule has 2 aromatic rings. The van der Waals surface area contributed by atoms with Crippen LogP contribution in [0.3, 0.4) is 0 Å². The van der Waals surface area contributed by atoms with Crippen LogP contribution in [0.4, 0.5) is 5.69 Å². The number of nitrogens with two attached hydrogens (primary N) is 1. The molecule has 140 valence electrons. The van der Waals surface area contributed by atoms with Gasteiger partial charge in [-0.3, -0.25) is 4.79 Å². The number of nitrogen functional groups attached to an aromatic ring is 1. The SMILES string of the molecule is Nc1c(C(=O)N2CCC(OCC3CCCCC3)CC2)sc2ncccc12. The smallest absolute Gasteiger partial charge is 0.266 e. The summed E-state index contributed by atoms with van der Waals surface area (Å²) >= 11 is 1.40. The number of piperidine rings is 1. The van der Waals surface area contributed by atoms with Gasteiger partial charge in [0.05, 0.1) is 11.8 Å². The van der Waals surface area contributed by atoms with Crippen molar-refractivity contribution in [2.75, 3.05) is 25.4 Å². The van der Waals surface area contributed by atoms with Crippen LogP contribution in [0, 0.1) is 5.92 Å². The third-order valence-electron chi connectivity index (χ3n) is 5.72. The molecule has 3 heterocycles. The predicted molar refractivity (Wildman–Crippen MR) is 105 cm³/mol. The fourth-order valence-electron chi connectivity index (χ4n) is 4.11. The first-order valence-corrected chi connectivity index (χ1v) is 10.6. The summed E-state index contributed by atoms with van der Waals surface area (Å²) in [6.07, 6.45) is 10.6. The molecular weight excluding hydrogens is 346 g/mol. The molecule has 6 heteroatoms. The molecule has 1 saturated carbocycles. The summed E-state index contributed by atoms with van der Waals surface area (Å²) in [5.41, 5.74) is 6.77. The summed E-state index contributed by atoms with van der Waals surface area (Å²) in [4.78, 5) is 20.6. The van der Waals surface area contributed by atoms with E-state index < -0.39 is 0 Å². The highest BCUT2D eigenvalue weighted by atomic mass is 32.1. The van der Waals surface area contributed by atoms with E-state index >= 15 is 0 Å². The minimum Gasteiger partial charge on any atom is -0.397 e. The van der Waals surface area contributed by atoms with Crippen LogP contribution in [-0.4, -0.2) is 41.6 Å². The molecule has 0 atom stereocenters. The van der Waals surface area contributed by atoms with E-state index in [-0.39, 0.29) is 5.91 Å². The van der Waals surface area contributed by atoms with Gasteiger partial charge in [0.1, 0.15) is 9.71 Å². The van der Waals surface area contributed by atoms with Gasteiger partial charge in [0.25, 0.3) is 5.91 Å². The molecular formula is C20H27N3O2S. The molecule has 2 aliphatic rings. The fourth-order valence-corrected chi connectivity index (χ4v) is 5.14. The molecule has 2 fully saturated rings. The zero-order valence-corrected chi connectivity index (χ0v) is 16.0. The number of carbonyl (C=O) groups excluding carboxylic acids is 1. The summed E-state index contributed by atoms with van der Waals surface area (Å²) in [6, 6.07) is 3.78. The van der Waals surface area contributed by atoms with E-state index in [0.29, 0.717) is 16.7 Å². The Morgan fingerprint density at radius 3 is 2.73 bits per heavy atom. The molecule has 5 nitrogen and oxygen atoms in total. The van der Waals surface area contributed by atoms with E-state index in [1.807, 2.05) is 17.0 Å². The lowest BCUT2D eigenvalue weighted by Gasteiger charge is -2.33. The van der Waals surface area contributed by atoms with Crippen molar-refractivity contribution in [1.29, 1.82) is 0 Å². The Hall–Kier alpha value is -1.66. The van der Waals surface area contributed by atoms with Crippen molar-refractivity contribution in [3.05, 3.63) is 23.2 Å². The first kappa shape index (κ1) is 17.7. The Morgan fingerprint density at radius 2 is 2.00 bits per heavy atom. The Bertz CT molecular complexity index is 762. The Kier molecular flexibility index (Phi) is 5.41. The van der Waals surface area contributed by atoms with Gasteiger partial charge in [-0.15, -0.1) is 11.3 Å². The second-order valence-corrected chi connectivity index (χ2v) is 8.53. The Labute approximate surface area is 158 Å². The van der Waals surface area contributed by atoms with Gasteiger partial charge >= 0.3 is 0 Å². The number of anilines is 1. The van der Waals surface area contributed by atoms with Gasteiger partial charge in [0.2, 0.25) is 0 Å². The van der Waals surface area contributed by atoms with Gasteiger partial charge < -0.3 is 15.4 Å². The molecule has 0 radical (unpaired) electrons. The summed E-state index contributed by atoms with van der Waals surface area (Å²) in [7, 11) is 0. The normalized spacial score (nSPS) is 19.9. The van der Waals surface area contributed by atoms with Gasteiger partial charge in [-0.25, -0.2) is 4.98 Å². The standard InChI is InChI=1S/C20H27N3O2S/c21-17-16-7-4-10-22-19(16)26-18(17)20(24)23-11-8-15(9-12-23)25-13-14-5-2-1-3-6-14/h4,7,10,14-15H,1-3,5-6,8-9,11-13,21H2. The van der Waals surface area contributed by atoms with Gasteiger partial charge in [0.15, 0.2) is 0 Å². The molecule has 0 unspecified atom stereocenters. The lowest BCUT2D eigenvalue weighted by Crippen LogP contribution is -2.41. The molecule has 26 heavy (non-hydrogen) atoms. The zero-order chi connectivity index (χ0) is 17.9. The van der Waals surface area contributed by atoms with Crippen molar-refractivity contribution < 1.29 is 9.53 Å². The number of likely N-dealkylation sites (tertiary alicyclic amines) is 1. The number of nitrogens with zero attached hydrogens (tertiary/aromatic N) is 2. The Morgan fingerprint density at radius 1 is 1.23 bits per heavy atom. The number of rotatable bonds is 4. The monoisotopic (exact) mass is 373 g/mol. The number of amides is 1. The number of pyridine rings is 1. The fraction of sp³-hybridized carbons (Fsp3) is 0.600. The van der Waals surface area contributed by atoms with E-state index in [0.717, 1.165) is 48.7 Å². The lowest BCUT2D eigenvalue weighted by molar-refractivity contribution is -0.0118. The van der Waals surface area contributed by atoms with Crippen molar-refractivity contribution in [2.24, 2.45) is 5.92 Å². The van der Waals surface area contributed by atoms with Crippen molar-refractivity contribution in [2.45, 2.75) is 51.0 Å². The predicted octanol–water partition coefficient (Wildman–Crippen LogP) is 4.08.